The number of benzene rings is 1. The van der Waals surface area contributed by atoms with E-state index in [0.29, 0.717) is 18.0 Å². The summed E-state index contributed by atoms with van der Waals surface area (Å²) in [5.41, 5.74) is 11.3. The number of aromatic nitrogens is 1. The number of hydrogen-bond acceptors (Lipinski definition) is 2. The van der Waals surface area contributed by atoms with E-state index >= 15 is 0 Å². The Hall–Kier alpha value is -1.87. The maximum Gasteiger partial charge on any atom is 0.259 e. The van der Waals surface area contributed by atoms with E-state index in [0.717, 1.165) is 31.4 Å². The summed E-state index contributed by atoms with van der Waals surface area (Å²) < 4.78 is 1.89. The lowest BCUT2D eigenvalue weighted by Crippen LogP contribution is -2.30. The van der Waals surface area contributed by atoms with Crippen molar-refractivity contribution in [2.24, 2.45) is 11.7 Å². The van der Waals surface area contributed by atoms with Crippen LogP contribution in [-0.2, 0) is 25.8 Å². The van der Waals surface area contributed by atoms with Gasteiger partial charge < -0.3 is 5.73 Å². The van der Waals surface area contributed by atoms with Crippen molar-refractivity contribution in [2.45, 2.75) is 46.1 Å². The van der Waals surface area contributed by atoms with Gasteiger partial charge in [0.25, 0.3) is 5.56 Å². The Balaban J connectivity index is 2.20. The summed E-state index contributed by atoms with van der Waals surface area (Å²) in [6.45, 7) is 4.71. The predicted molar refractivity (Wildman–Crippen MR) is 90.5 cm³/mol. The second-order valence-corrected chi connectivity index (χ2v) is 6.35. The zero-order chi connectivity index (χ0) is 15.7. The molecule has 1 aliphatic rings. The number of hydrogen-bond donors (Lipinski definition) is 1. The molecule has 0 radical (unpaired) electrons. The fourth-order valence-corrected chi connectivity index (χ4v) is 3.37. The molecule has 0 bridgehead atoms. The highest BCUT2D eigenvalue weighted by atomic mass is 16.1. The van der Waals surface area contributed by atoms with Crippen molar-refractivity contribution < 1.29 is 0 Å². The van der Waals surface area contributed by atoms with Gasteiger partial charge in [-0.3, -0.25) is 9.36 Å². The smallest absolute Gasteiger partial charge is 0.259 e. The van der Waals surface area contributed by atoms with Gasteiger partial charge in [0, 0.05) is 23.5 Å². The molecule has 0 saturated heterocycles. The Morgan fingerprint density at radius 3 is 2.64 bits per heavy atom. The summed E-state index contributed by atoms with van der Waals surface area (Å²) >= 11 is 0. The van der Waals surface area contributed by atoms with E-state index in [1.54, 1.807) is 0 Å². The first-order chi connectivity index (χ1) is 10.6. The normalized spacial score (nSPS) is 17.3. The summed E-state index contributed by atoms with van der Waals surface area (Å²) in [5.74, 6) is 0.673. The second-order valence-electron chi connectivity index (χ2n) is 6.35. The van der Waals surface area contributed by atoms with Gasteiger partial charge in [0.1, 0.15) is 0 Å². The van der Waals surface area contributed by atoms with Crippen LogP contribution in [0.3, 0.4) is 0 Å². The number of aryl methyl sites for hydroxylation is 1. The third kappa shape index (κ3) is 2.61. The lowest BCUT2D eigenvalue weighted by Gasteiger charge is -2.26. The number of nitrogens with zero attached hydrogens (tertiary/aromatic N) is 1. The predicted octanol–water partition coefficient (Wildman–Crippen LogP) is 2.98. The zero-order valence-electron chi connectivity index (χ0n) is 13.4. The SMILES string of the molecule is CCc1ccc(-n2c3c(cc(CN)c2=O)CC(C)CC3)cc1. The average molecular weight is 296 g/mol. The van der Waals surface area contributed by atoms with Crippen LogP contribution in [0.5, 0.6) is 0 Å². The topological polar surface area (TPSA) is 48.0 Å². The van der Waals surface area contributed by atoms with Crippen molar-refractivity contribution in [1.82, 2.24) is 4.57 Å². The van der Waals surface area contributed by atoms with Crippen LogP contribution >= 0.6 is 0 Å². The zero-order valence-corrected chi connectivity index (χ0v) is 13.4. The van der Waals surface area contributed by atoms with E-state index in [1.165, 1.54) is 16.8 Å². The first kappa shape index (κ1) is 15.0. The highest BCUT2D eigenvalue weighted by Gasteiger charge is 2.21. The van der Waals surface area contributed by atoms with Crippen LogP contribution in [0.2, 0.25) is 0 Å². The minimum Gasteiger partial charge on any atom is -0.326 e. The lowest BCUT2D eigenvalue weighted by atomic mass is 9.87. The highest BCUT2D eigenvalue weighted by molar-refractivity contribution is 5.41. The Kier molecular flexibility index (Phi) is 4.16. The molecule has 22 heavy (non-hydrogen) atoms. The summed E-state index contributed by atoms with van der Waals surface area (Å²) in [6, 6.07) is 10.4. The first-order valence-corrected chi connectivity index (χ1v) is 8.20. The van der Waals surface area contributed by atoms with Crippen molar-refractivity contribution in [3.05, 3.63) is 63.1 Å². The molecule has 0 aliphatic heterocycles. The van der Waals surface area contributed by atoms with E-state index in [-0.39, 0.29) is 5.56 Å². The standard InChI is InChI=1S/C19H24N2O/c1-3-14-5-7-17(8-6-14)21-18-9-4-13(2)10-15(18)11-16(12-20)19(21)22/h5-8,11,13H,3-4,9-10,12,20H2,1-2H3. The van der Waals surface area contributed by atoms with Gasteiger partial charge in [-0.15, -0.1) is 0 Å². The van der Waals surface area contributed by atoms with Crippen LogP contribution < -0.4 is 11.3 Å². The van der Waals surface area contributed by atoms with Gasteiger partial charge >= 0.3 is 0 Å². The monoisotopic (exact) mass is 296 g/mol. The summed E-state index contributed by atoms with van der Waals surface area (Å²) in [7, 11) is 0. The molecule has 116 valence electrons. The van der Waals surface area contributed by atoms with Crippen molar-refractivity contribution in [1.29, 1.82) is 0 Å². The minimum atomic E-state index is 0.0417. The number of fused-ring (bicyclic) bond motifs is 1. The molecule has 1 aliphatic carbocycles. The molecule has 1 aromatic heterocycles. The molecule has 0 fully saturated rings. The quantitative estimate of drug-likeness (QED) is 0.946. The van der Waals surface area contributed by atoms with Crippen molar-refractivity contribution in [3.8, 4) is 5.69 Å². The average Bonchev–Trinajstić information content (AvgIpc) is 2.54. The van der Waals surface area contributed by atoms with Crippen LogP contribution in [0, 0.1) is 5.92 Å². The second kappa shape index (κ2) is 6.09. The number of nitrogens with two attached hydrogens (primary N) is 1. The van der Waals surface area contributed by atoms with Gasteiger partial charge in [-0.2, -0.15) is 0 Å². The Bertz CT molecular complexity index is 728. The molecule has 2 N–H and O–H groups in total. The minimum absolute atomic E-state index is 0.0417. The van der Waals surface area contributed by atoms with Crippen LogP contribution in [-0.4, -0.2) is 4.57 Å². The molecule has 3 heteroatoms. The van der Waals surface area contributed by atoms with E-state index in [1.807, 2.05) is 10.6 Å². The molecule has 0 spiro atoms. The molecule has 1 heterocycles. The van der Waals surface area contributed by atoms with Gasteiger partial charge in [-0.25, -0.2) is 0 Å². The molecule has 2 aromatic rings. The Morgan fingerprint density at radius 1 is 1.27 bits per heavy atom. The van der Waals surface area contributed by atoms with E-state index in [4.69, 9.17) is 5.73 Å². The van der Waals surface area contributed by atoms with Crippen LogP contribution in [0.4, 0.5) is 0 Å². The highest BCUT2D eigenvalue weighted by Crippen LogP contribution is 2.26. The Morgan fingerprint density at radius 2 is 2.00 bits per heavy atom. The van der Waals surface area contributed by atoms with E-state index < -0.39 is 0 Å². The summed E-state index contributed by atoms with van der Waals surface area (Å²) in [4.78, 5) is 12.8. The third-order valence-electron chi connectivity index (χ3n) is 4.73. The fourth-order valence-electron chi connectivity index (χ4n) is 3.37. The summed E-state index contributed by atoms with van der Waals surface area (Å²) in [6.07, 6.45) is 4.15. The molecular weight excluding hydrogens is 272 g/mol. The third-order valence-corrected chi connectivity index (χ3v) is 4.73. The molecule has 0 saturated carbocycles. The maximum atomic E-state index is 12.8. The number of rotatable bonds is 3. The molecule has 1 atom stereocenters. The number of pyridine rings is 1. The lowest BCUT2D eigenvalue weighted by molar-refractivity contribution is 0.485. The Labute approximate surface area is 131 Å². The molecule has 3 rings (SSSR count). The van der Waals surface area contributed by atoms with Crippen molar-refractivity contribution >= 4 is 0 Å². The van der Waals surface area contributed by atoms with Crippen LogP contribution in [0.15, 0.2) is 35.1 Å². The van der Waals surface area contributed by atoms with Gasteiger partial charge in [-0.1, -0.05) is 26.0 Å². The van der Waals surface area contributed by atoms with Crippen molar-refractivity contribution in [2.75, 3.05) is 0 Å². The largest absolute Gasteiger partial charge is 0.326 e. The van der Waals surface area contributed by atoms with Gasteiger partial charge in [0.15, 0.2) is 0 Å². The van der Waals surface area contributed by atoms with Crippen LogP contribution in [0.1, 0.15) is 42.7 Å². The van der Waals surface area contributed by atoms with Gasteiger partial charge in [0.05, 0.1) is 0 Å². The van der Waals surface area contributed by atoms with Gasteiger partial charge in [-0.05, 0) is 60.9 Å². The van der Waals surface area contributed by atoms with Crippen molar-refractivity contribution in [3.63, 3.8) is 0 Å². The van der Waals surface area contributed by atoms with Crippen LogP contribution in [0.25, 0.3) is 5.69 Å². The molecule has 0 amide bonds. The van der Waals surface area contributed by atoms with E-state index in [9.17, 15) is 4.79 Å². The maximum absolute atomic E-state index is 12.8. The van der Waals surface area contributed by atoms with E-state index in [2.05, 4.69) is 38.1 Å². The summed E-state index contributed by atoms with van der Waals surface area (Å²) in [5, 5.41) is 0. The first-order valence-electron chi connectivity index (χ1n) is 8.20. The molecule has 1 aromatic carbocycles. The molecule has 3 nitrogen and oxygen atoms in total. The fraction of sp³-hybridized carbons (Fsp3) is 0.421. The molecular formula is C19H24N2O. The van der Waals surface area contributed by atoms with Gasteiger partial charge in [0.2, 0.25) is 0 Å². The molecule has 1 unspecified atom stereocenters.